The molecule has 1 N–H and O–H groups in total. The fourth-order valence-electron chi connectivity index (χ4n) is 1.87. The summed E-state index contributed by atoms with van der Waals surface area (Å²) in [5, 5.41) is 30.7. The van der Waals surface area contributed by atoms with Crippen molar-refractivity contribution in [3.63, 3.8) is 0 Å². The Morgan fingerprint density at radius 2 is 1.68 bits per heavy atom. The van der Waals surface area contributed by atoms with Crippen LogP contribution in [0.2, 0.25) is 0 Å². The number of hydrogen-bond donors (Lipinski definition) is 1. The molecule has 0 saturated heterocycles. The van der Waals surface area contributed by atoms with Gasteiger partial charge in [0.25, 0.3) is 5.69 Å². The second-order valence-corrected chi connectivity index (χ2v) is 4.09. The number of rotatable bonds is 4. The van der Waals surface area contributed by atoms with Crippen LogP contribution in [0.15, 0.2) is 42.5 Å². The summed E-state index contributed by atoms with van der Waals surface area (Å²) in [5.41, 5.74) is -1.03. The van der Waals surface area contributed by atoms with Gasteiger partial charge in [0.2, 0.25) is 5.75 Å². The lowest BCUT2D eigenvalue weighted by Crippen LogP contribution is -2.07. The molecule has 0 radical (unpaired) electrons. The van der Waals surface area contributed by atoms with Crippen molar-refractivity contribution in [2.45, 2.75) is 0 Å². The van der Waals surface area contributed by atoms with Gasteiger partial charge in [0.05, 0.1) is 15.9 Å². The van der Waals surface area contributed by atoms with E-state index in [0.29, 0.717) is 11.6 Å². The highest BCUT2D eigenvalue weighted by Crippen LogP contribution is 2.41. The number of nitro groups is 2. The van der Waals surface area contributed by atoms with E-state index in [1.54, 1.807) is 18.2 Å². The Hall–Kier alpha value is -3.49. The third-order valence-electron chi connectivity index (χ3n) is 2.74. The van der Waals surface area contributed by atoms with E-state index in [0.717, 1.165) is 6.07 Å². The number of nitro benzene ring substituents is 2. The van der Waals surface area contributed by atoms with Crippen LogP contribution in [-0.2, 0) is 0 Å². The molecule has 0 heterocycles. The van der Waals surface area contributed by atoms with Crippen molar-refractivity contribution in [2.75, 3.05) is 0 Å². The Morgan fingerprint density at radius 3 is 2.18 bits per heavy atom. The van der Waals surface area contributed by atoms with Crippen molar-refractivity contribution < 1.29 is 24.5 Å². The van der Waals surface area contributed by atoms with Crippen LogP contribution in [0.3, 0.4) is 0 Å². The average molecular weight is 304 g/mol. The number of carbonyl (C=O) groups is 1. The van der Waals surface area contributed by atoms with E-state index in [2.05, 4.69) is 4.74 Å². The maximum atomic E-state index is 11.1. The molecule has 0 spiro atoms. The van der Waals surface area contributed by atoms with Gasteiger partial charge >= 0.3 is 11.8 Å². The van der Waals surface area contributed by atoms with Crippen LogP contribution in [0, 0.1) is 20.2 Å². The fraction of sp³-hybridized carbons (Fsp3) is 0. The van der Waals surface area contributed by atoms with Crippen molar-refractivity contribution in [2.24, 2.45) is 0 Å². The zero-order valence-electron chi connectivity index (χ0n) is 10.8. The molecular formula is C13H8N2O7. The molecule has 9 nitrogen and oxygen atoms in total. The Labute approximate surface area is 122 Å². The Bertz CT molecular complexity index is 758. The molecule has 0 aliphatic rings. The van der Waals surface area contributed by atoms with E-state index in [-0.39, 0.29) is 5.56 Å². The highest BCUT2D eigenvalue weighted by molar-refractivity contribution is 5.81. The first-order valence-electron chi connectivity index (χ1n) is 5.83. The van der Waals surface area contributed by atoms with E-state index in [1.807, 2.05) is 0 Å². The van der Waals surface area contributed by atoms with Gasteiger partial charge in [-0.2, -0.15) is 0 Å². The van der Waals surface area contributed by atoms with Crippen LogP contribution < -0.4 is 4.74 Å². The van der Waals surface area contributed by atoms with Gasteiger partial charge in [0.15, 0.2) is 0 Å². The molecule has 0 unspecified atom stereocenters. The molecule has 2 rings (SSSR count). The van der Waals surface area contributed by atoms with Crippen LogP contribution in [0.4, 0.5) is 16.2 Å². The van der Waals surface area contributed by atoms with Gasteiger partial charge in [-0.15, -0.1) is 0 Å². The quantitative estimate of drug-likeness (QED) is 0.396. The van der Waals surface area contributed by atoms with Crippen LogP contribution in [0.1, 0.15) is 0 Å². The van der Waals surface area contributed by atoms with Gasteiger partial charge in [0.1, 0.15) is 0 Å². The standard InChI is InChI=1S/C13H8N2O7/c16-13(17)22-12-10(8-4-2-1-3-5-8)6-9(14(18)19)7-11(12)15(20)21/h1-7H,(H,16,17). The van der Waals surface area contributed by atoms with Crippen molar-refractivity contribution in [1.82, 2.24) is 0 Å². The van der Waals surface area contributed by atoms with Crippen LogP contribution in [0.25, 0.3) is 11.1 Å². The third kappa shape index (κ3) is 2.98. The SMILES string of the molecule is O=C(O)Oc1c(-c2ccccc2)cc([N+](=O)[O-])cc1[N+](=O)[O-]. The largest absolute Gasteiger partial charge is 0.511 e. The summed E-state index contributed by atoms with van der Waals surface area (Å²) >= 11 is 0. The molecule has 22 heavy (non-hydrogen) atoms. The summed E-state index contributed by atoms with van der Waals surface area (Å²) in [7, 11) is 0. The summed E-state index contributed by atoms with van der Waals surface area (Å²) in [5.74, 6) is -0.561. The lowest BCUT2D eigenvalue weighted by Gasteiger charge is -2.09. The summed E-state index contributed by atoms with van der Waals surface area (Å²) in [6.07, 6.45) is -1.76. The van der Waals surface area contributed by atoms with Crippen molar-refractivity contribution in [3.8, 4) is 16.9 Å². The van der Waals surface area contributed by atoms with Crippen molar-refractivity contribution in [3.05, 3.63) is 62.7 Å². The molecule has 9 heteroatoms. The van der Waals surface area contributed by atoms with E-state index in [4.69, 9.17) is 5.11 Å². The number of carboxylic acid groups (broad SMARTS) is 1. The van der Waals surface area contributed by atoms with Gasteiger partial charge in [-0.1, -0.05) is 30.3 Å². The van der Waals surface area contributed by atoms with Crippen LogP contribution >= 0.6 is 0 Å². The highest BCUT2D eigenvalue weighted by atomic mass is 16.7. The summed E-state index contributed by atoms with van der Waals surface area (Å²) in [4.78, 5) is 31.0. The molecule has 2 aromatic rings. The van der Waals surface area contributed by atoms with Crippen LogP contribution in [0.5, 0.6) is 5.75 Å². The number of benzene rings is 2. The first kappa shape index (κ1) is 14.9. The average Bonchev–Trinajstić information content (AvgIpc) is 2.47. The Kier molecular flexibility index (Phi) is 3.98. The summed E-state index contributed by atoms with van der Waals surface area (Å²) in [6, 6.07) is 9.61. The minimum absolute atomic E-state index is 0.0519. The van der Waals surface area contributed by atoms with E-state index >= 15 is 0 Å². The topological polar surface area (TPSA) is 133 Å². The third-order valence-corrected chi connectivity index (χ3v) is 2.74. The second-order valence-electron chi connectivity index (χ2n) is 4.09. The monoisotopic (exact) mass is 304 g/mol. The maximum Gasteiger partial charge on any atom is 0.511 e. The van der Waals surface area contributed by atoms with E-state index in [1.165, 1.54) is 12.1 Å². The van der Waals surface area contributed by atoms with Gasteiger partial charge in [0, 0.05) is 11.6 Å². The minimum Gasteiger partial charge on any atom is -0.449 e. The summed E-state index contributed by atoms with van der Waals surface area (Å²) < 4.78 is 4.48. The molecule has 0 fully saturated rings. The lowest BCUT2D eigenvalue weighted by atomic mass is 10.0. The molecule has 0 amide bonds. The number of non-ortho nitro benzene ring substituents is 1. The zero-order valence-corrected chi connectivity index (χ0v) is 10.8. The van der Waals surface area contributed by atoms with E-state index in [9.17, 15) is 25.0 Å². The smallest absolute Gasteiger partial charge is 0.449 e. The first-order chi connectivity index (χ1) is 10.4. The zero-order chi connectivity index (χ0) is 16.3. The molecule has 0 aromatic heterocycles. The maximum absolute atomic E-state index is 11.1. The fourth-order valence-corrected chi connectivity index (χ4v) is 1.87. The lowest BCUT2D eigenvalue weighted by molar-refractivity contribution is -0.394. The van der Waals surface area contributed by atoms with E-state index < -0.39 is 33.1 Å². The second kappa shape index (κ2) is 5.87. The molecule has 0 aliphatic carbocycles. The molecule has 0 atom stereocenters. The predicted octanol–water partition coefficient (Wildman–Crippen LogP) is 3.23. The Morgan fingerprint density at radius 1 is 1.05 bits per heavy atom. The predicted molar refractivity (Wildman–Crippen MR) is 73.8 cm³/mol. The van der Waals surface area contributed by atoms with Gasteiger partial charge in [-0.3, -0.25) is 20.2 Å². The molecule has 0 saturated carbocycles. The molecule has 0 bridgehead atoms. The molecule has 2 aromatic carbocycles. The van der Waals surface area contributed by atoms with Crippen LogP contribution in [-0.4, -0.2) is 21.1 Å². The normalized spacial score (nSPS) is 10.0. The summed E-state index contributed by atoms with van der Waals surface area (Å²) in [6.45, 7) is 0. The molecular weight excluding hydrogens is 296 g/mol. The number of ether oxygens (including phenoxy) is 1. The Balaban J connectivity index is 2.79. The van der Waals surface area contributed by atoms with Gasteiger partial charge in [-0.25, -0.2) is 4.79 Å². The number of nitrogens with zero attached hydrogens (tertiary/aromatic N) is 2. The minimum atomic E-state index is -1.76. The molecule has 0 aliphatic heterocycles. The molecule has 112 valence electrons. The first-order valence-corrected chi connectivity index (χ1v) is 5.83. The van der Waals surface area contributed by atoms with Crippen molar-refractivity contribution >= 4 is 17.5 Å². The van der Waals surface area contributed by atoms with Gasteiger partial charge in [-0.05, 0) is 5.56 Å². The highest BCUT2D eigenvalue weighted by Gasteiger charge is 2.28. The number of hydrogen-bond acceptors (Lipinski definition) is 6. The van der Waals surface area contributed by atoms with Crippen molar-refractivity contribution in [1.29, 1.82) is 0 Å². The van der Waals surface area contributed by atoms with Gasteiger partial charge < -0.3 is 9.84 Å².